The number of halogens is 1. The first-order valence-electron chi connectivity index (χ1n) is 6.71. The van der Waals surface area contributed by atoms with Crippen LogP contribution >= 0.6 is 0 Å². The van der Waals surface area contributed by atoms with Crippen LogP contribution in [-0.2, 0) is 0 Å². The fourth-order valence-electron chi connectivity index (χ4n) is 1.95. The minimum atomic E-state index is -1.37. The van der Waals surface area contributed by atoms with Gasteiger partial charge in [-0.2, -0.15) is 0 Å². The van der Waals surface area contributed by atoms with E-state index in [9.17, 15) is 19.3 Å². The number of non-ortho nitro benzene ring substituents is 1. The quantitative estimate of drug-likeness (QED) is 0.623. The molecule has 0 spiro atoms. The minimum Gasteiger partial charge on any atom is -0.457 e. The van der Waals surface area contributed by atoms with Crippen LogP contribution in [-0.4, -0.2) is 9.49 Å². The summed E-state index contributed by atoms with van der Waals surface area (Å²) < 4.78 is 20.0. The molecule has 0 aliphatic heterocycles. The monoisotopic (exact) mass is 306 g/mol. The summed E-state index contributed by atoms with van der Waals surface area (Å²) in [7, 11) is 0. The van der Waals surface area contributed by atoms with E-state index >= 15 is 0 Å². The second-order valence-corrected chi connectivity index (χ2v) is 4.76. The normalized spacial score (nSPS) is 12.0. The second-order valence-electron chi connectivity index (χ2n) is 4.76. The Morgan fingerprint density at radius 3 is 2.64 bits per heavy atom. The molecule has 0 amide bonds. The van der Waals surface area contributed by atoms with Gasteiger partial charge in [-0.05, 0) is 31.0 Å². The molecule has 1 heterocycles. The molecule has 0 aliphatic rings. The van der Waals surface area contributed by atoms with Crippen molar-refractivity contribution in [3.8, 4) is 11.5 Å². The van der Waals surface area contributed by atoms with Gasteiger partial charge in [-0.1, -0.05) is 6.92 Å². The molecule has 1 unspecified atom stereocenters. The summed E-state index contributed by atoms with van der Waals surface area (Å²) in [6.45, 7) is 3.31. The van der Waals surface area contributed by atoms with E-state index in [2.05, 4.69) is 0 Å². The lowest BCUT2D eigenvalue weighted by atomic mass is 10.2. The van der Waals surface area contributed by atoms with Crippen molar-refractivity contribution < 1.29 is 14.1 Å². The Bertz CT molecular complexity index is 757. The first kappa shape index (κ1) is 15.7. The number of nitrogens with zero attached hydrogens (tertiary/aromatic N) is 2. The summed E-state index contributed by atoms with van der Waals surface area (Å²) in [5.41, 5.74) is 0.0187. The zero-order valence-corrected chi connectivity index (χ0v) is 12.2. The Kier molecular flexibility index (Phi) is 4.55. The van der Waals surface area contributed by atoms with E-state index in [1.807, 2.05) is 0 Å². The van der Waals surface area contributed by atoms with Crippen LogP contribution in [0.4, 0.5) is 10.1 Å². The molecule has 1 atom stereocenters. The lowest BCUT2D eigenvalue weighted by molar-refractivity contribution is -0.384. The van der Waals surface area contributed by atoms with Crippen LogP contribution in [0.15, 0.2) is 41.3 Å². The minimum absolute atomic E-state index is 0.0384. The van der Waals surface area contributed by atoms with Crippen LogP contribution in [0, 0.1) is 17.0 Å². The molecule has 0 aliphatic carbocycles. The van der Waals surface area contributed by atoms with Crippen molar-refractivity contribution in [3.63, 3.8) is 0 Å². The third-order valence-corrected chi connectivity index (χ3v) is 3.16. The van der Waals surface area contributed by atoms with Gasteiger partial charge in [-0.25, -0.2) is 4.39 Å². The average Bonchev–Trinajstić information content (AvgIpc) is 2.48. The number of pyridine rings is 1. The lowest BCUT2D eigenvalue weighted by Crippen LogP contribution is -2.20. The van der Waals surface area contributed by atoms with Gasteiger partial charge in [0.1, 0.15) is 11.5 Å². The number of benzene rings is 1. The highest BCUT2D eigenvalue weighted by atomic mass is 19.1. The molecule has 0 N–H and O–H groups in total. The molecule has 1 aromatic heterocycles. The van der Waals surface area contributed by atoms with Gasteiger partial charge in [0.05, 0.1) is 4.92 Å². The molecular weight excluding hydrogens is 291 g/mol. The van der Waals surface area contributed by atoms with Crippen molar-refractivity contribution in [3.05, 3.63) is 62.6 Å². The highest BCUT2D eigenvalue weighted by molar-refractivity contribution is 5.44. The summed E-state index contributed by atoms with van der Waals surface area (Å²) in [5.74, 6) is 0.650. The van der Waals surface area contributed by atoms with Crippen molar-refractivity contribution in [1.82, 2.24) is 4.57 Å². The van der Waals surface area contributed by atoms with E-state index in [0.717, 1.165) is 4.57 Å². The number of aromatic nitrogens is 1. The van der Waals surface area contributed by atoms with Crippen molar-refractivity contribution >= 4 is 5.69 Å². The van der Waals surface area contributed by atoms with Gasteiger partial charge >= 0.3 is 0 Å². The third kappa shape index (κ3) is 3.30. The van der Waals surface area contributed by atoms with Crippen LogP contribution < -0.4 is 10.3 Å². The zero-order chi connectivity index (χ0) is 16.3. The summed E-state index contributed by atoms with van der Waals surface area (Å²) in [5, 5.41) is 10.7. The second kappa shape index (κ2) is 6.38. The Hall–Kier alpha value is -2.70. The fourth-order valence-corrected chi connectivity index (χ4v) is 1.95. The Balaban J connectivity index is 2.26. The number of ether oxygens (including phenoxy) is 1. The van der Waals surface area contributed by atoms with E-state index in [1.54, 1.807) is 13.8 Å². The molecule has 116 valence electrons. The molecule has 2 rings (SSSR count). The highest BCUT2D eigenvalue weighted by Crippen LogP contribution is 2.27. The van der Waals surface area contributed by atoms with Gasteiger partial charge in [0, 0.05) is 24.4 Å². The number of nitro benzene ring substituents is 1. The van der Waals surface area contributed by atoms with E-state index in [1.165, 1.54) is 36.5 Å². The van der Waals surface area contributed by atoms with Crippen LogP contribution in [0.2, 0.25) is 0 Å². The maximum atomic E-state index is 13.5. The van der Waals surface area contributed by atoms with E-state index < -0.39 is 16.8 Å². The number of rotatable bonds is 5. The molecule has 0 fully saturated rings. The first-order chi connectivity index (χ1) is 10.4. The molecule has 7 heteroatoms. The maximum Gasteiger partial charge on any atom is 0.269 e. The first-order valence-corrected chi connectivity index (χ1v) is 6.71. The van der Waals surface area contributed by atoms with E-state index in [-0.39, 0.29) is 17.9 Å². The van der Waals surface area contributed by atoms with Gasteiger partial charge in [0.15, 0.2) is 6.30 Å². The lowest BCUT2D eigenvalue weighted by Gasteiger charge is -2.12. The molecular formula is C15H15FN2O4. The van der Waals surface area contributed by atoms with Crippen LogP contribution in [0.25, 0.3) is 0 Å². The number of nitro groups is 1. The van der Waals surface area contributed by atoms with Crippen molar-refractivity contribution in [2.45, 2.75) is 26.6 Å². The van der Waals surface area contributed by atoms with Crippen molar-refractivity contribution in [2.24, 2.45) is 0 Å². The molecule has 0 saturated heterocycles. The molecule has 0 bridgehead atoms. The van der Waals surface area contributed by atoms with Gasteiger partial charge in [-0.3, -0.25) is 19.5 Å². The molecule has 2 aromatic rings. The Morgan fingerprint density at radius 1 is 1.36 bits per heavy atom. The van der Waals surface area contributed by atoms with Gasteiger partial charge in [0.25, 0.3) is 11.2 Å². The Morgan fingerprint density at radius 2 is 2.09 bits per heavy atom. The SMILES string of the molecule is CCC(F)n1ccc(Oc2ccc([N+](=O)[O-])cc2C)cc1=O. The molecule has 6 nitrogen and oxygen atoms in total. The molecule has 1 aromatic carbocycles. The van der Waals surface area contributed by atoms with Crippen LogP contribution in [0.3, 0.4) is 0 Å². The van der Waals surface area contributed by atoms with Crippen molar-refractivity contribution in [2.75, 3.05) is 0 Å². The van der Waals surface area contributed by atoms with Gasteiger partial charge in [-0.15, -0.1) is 0 Å². The zero-order valence-electron chi connectivity index (χ0n) is 12.2. The average molecular weight is 306 g/mol. The molecule has 22 heavy (non-hydrogen) atoms. The number of aryl methyl sites for hydroxylation is 1. The number of alkyl halides is 1. The van der Waals surface area contributed by atoms with E-state index in [4.69, 9.17) is 4.74 Å². The Labute approximate surface area is 125 Å². The van der Waals surface area contributed by atoms with Crippen LogP contribution in [0.1, 0.15) is 25.2 Å². The number of hydrogen-bond acceptors (Lipinski definition) is 4. The summed E-state index contributed by atoms with van der Waals surface area (Å²) >= 11 is 0. The smallest absolute Gasteiger partial charge is 0.269 e. The predicted octanol–water partition coefficient (Wildman–Crippen LogP) is 3.74. The van der Waals surface area contributed by atoms with E-state index in [0.29, 0.717) is 11.3 Å². The molecule has 0 saturated carbocycles. The topological polar surface area (TPSA) is 74.4 Å². The fraction of sp³-hybridized carbons (Fsp3) is 0.267. The number of hydrogen-bond donors (Lipinski definition) is 0. The summed E-state index contributed by atoms with van der Waals surface area (Å²) in [6.07, 6.45) is 0.149. The highest BCUT2D eigenvalue weighted by Gasteiger charge is 2.11. The van der Waals surface area contributed by atoms with Crippen molar-refractivity contribution in [1.29, 1.82) is 0 Å². The standard InChI is InChI=1S/C15H15FN2O4/c1-3-14(16)17-7-6-12(9-15(17)19)22-13-5-4-11(18(20)21)8-10(13)2/h4-9,14H,3H2,1-2H3. The van der Waals surface area contributed by atoms with Crippen LogP contribution in [0.5, 0.6) is 11.5 Å². The summed E-state index contributed by atoms with van der Waals surface area (Å²) in [6, 6.07) is 6.82. The molecule has 0 radical (unpaired) electrons. The summed E-state index contributed by atoms with van der Waals surface area (Å²) in [4.78, 5) is 22.0. The third-order valence-electron chi connectivity index (χ3n) is 3.16. The predicted molar refractivity (Wildman–Crippen MR) is 79.0 cm³/mol. The maximum absolute atomic E-state index is 13.5. The largest absolute Gasteiger partial charge is 0.457 e. The van der Waals surface area contributed by atoms with Gasteiger partial charge < -0.3 is 4.74 Å². The van der Waals surface area contributed by atoms with Gasteiger partial charge in [0.2, 0.25) is 0 Å².